The molecule has 1 saturated heterocycles. The maximum Gasteiger partial charge on any atom is 0.227 e. The van der Waals surface area contributed by atoms with Crippen molar-refractivity contribution in [2.24, 2.45) is 0 Å². The number of nitrogens with zero attached hydrogens (tertiary/aromatic N) is 2. The lowest BCUT2D eigenvalue weighted by Gasteiger charge is -2.34. The number of piperazine rings is 1. The maximum absolute atomic E-state index is 12.4. The van der Waals surface area contributed by atoms with Crippen LogP contribution >= 0.6 is 11.3 Å². The summed E-state index contributed by atoms with van der Waals surface area (Å²) in [5.41, 5.74) is 2.24. The maximum atomic E-state index is 12.4. The fourth-order valence-corrected chi connectivity index (χ4v) is 3.64. The summed E-state index contributed by atoms with van der Waals surface area (Å²) in [7, 11) is 0. The van der Waals surface area contributed by atoms with Gasteiger partial charge in [-0.25, -0.2) is 0 Å². The van der Waals surface area contributed by atoms with E-state index in [4.69, 9.17) is 0 Å². The van der Waals surface area contributed by atoms with E-state index < -0.39 is 0 Å². The molecule has 1 aliphatic rings. The number of aryl methyl sites for hydroxylation is 1. The van der Waals surface area contributed by atoms with E-state index in [9.17, 15) is 9.59 Å². The van der Waals surface area contributed by atoms with Gasteiger partial charge in [-0.1, -0.05) is 35.9 Å². The first kappa shape index (κ1) is 16.9. The summed E-state index contributed by atoms with van der Waals surface area (Å²) in [4.78, 5) is 29.4. The molecule has 0 atom stereocenters. The van der Waals surface area contributed by atoms with Crippen LogP contribution in [0.5, 0.6) is 0 Å². The highest BCUT2D eigenvalue weighted by atomic mass is 32.1. The van der Waals surface area contributed by atoms with Gasteiger partial charge in [0.05, 0.1) is 17.8 Å². The molecule has 0 spiro atoms. The Hall–Kier alpha value is -1.98. The average molecular weight is 342 g/mol. The Bertz CT molecular complexity index is 704. The molecule has 0 aliphatic carbocycles. The molecule has 0 bridgehead atoms. The summed E-state index contributed by atoms with van der Waals surface area (Å²) >= 11 is 1.49. The number of amides is 1. The second-order valence-corrected chi connectivity index (χ2v) is 7.17. The minimum atomic E-state index is 0.171. The third-order valence-electron chi connectivity index (χ3n) is 4.33. The van der Waals surface area contributed by atoms with Crippen molar-refractivity contribution >= 4 is 23.0 Å². The molecule has 4 nitrogen and oxygen atoms in total. The van der Waals surface area contributed by atoms with Gasteiger partial charge < -0.3 is 4.90 Å². The van der Waals surface area contributed by atoms with E-state index in [2.05, 4.69) is 11.0 Å². The molecule has 1 amide bonds. The van der Waals surface area contributed by atoms with Crippen molar-refractivity contribution in [1.29, 1.82) is 0 Å². The van der Waals surface area contributed by atoms with Crippen LogP contribution in [0.1, 0.15) is 20.8 Å². The van der Waals surface area contributed by atoms with Crippen molar-refractivity contribution in [2.75, 3.05) is 32.7 Å². The van der Waals surface area contributed by atoms with E-state index in [1.165, 1.54) is 16.9 Å². The van der Waals surface area contributed by atoms with Crippen LogP contribution in [-0.2, 0) is 11.2 Å². The molecule has 1 aliphatic heterocycles. The van der Waals surface area contributed by atoms with Crippen LogP contribution in [0, 0.1) is 6.92 Å². The van der Waals surface area contributed by atoms with Crippen molar-refractivity contribution in [1.82, 2.24) is 9.80 Å². The lowest BCUT2D eigenvalue weighted by molar-refractivity contribution is -0.132. The fraction of sp³-hybridized carbons (Fsp3) is 0.368. The number of hydrogen-bond donors (Lipinski definition) is 0. The molecule has 1 aromatic carbocycles. The van der Waals surface area contributed by atoms with Crippen LogP contribution in [0.4, 0.5) is 0 Å². The van der Waals surface area contributed by atoms with Gasteiger partial charge in [0.2, 0.25) is 5.91 Å². The van der Waals surface area contributed by atoms with E-state index >= 15 is 0 Å². The first-order valence-corrected chi connectivity index (χ1v) is 9.12. The Morgan fingerprint density at radius 1 is 1.08 bits per heavy atom. The van der Waals surface area contributed by atoms with Crippen molar-refractivity contribution in [2.45, 2.75) is 13.3 Å². The minimum Gasteiger partial charge on any atom is -0.340 e. The van der Waals surface area contributed by atoms with Gasteiger partial charge in [-0.3, -0.25) is 14.5 Å². The van der Waals surface area contributed by atoms with Crippen LogP contribution in [0.2, 0.25) is 0 Å². The van der Waals surface area contributed by atoms with E-state index in [0.29, 0.717) is 26.1 Å². The van der Waals surface area contributed by atoms with Gasteiger partial charge in [-0.15, -0.1) is 11.3 Å². The third-order valence-corrected chi connectivity index (χ3v) is 5.24. The molecule has 1 aromatic heterocycles. The summed E-state index contributed by atoms with van der Waals surface area (Å²) in [6, 6.07) is 11.9. The zero-order valence-corrected chi connectivity index (χ0v) is 14.7. The highest BCUT2D eigenvalue weighted by Gasteiger charge is 2.23. The van der Waals surface area contributed by atoms with Crippen LogP contribution in [0.25, 0.3) is 0 Å². The van der Waals surface area contributed by atoms with E-state index in [-0.39, 0.29) is 11.7 Å². The summed E-state index contributed by atoms with van der Waals surface area (Å²) in [5.74, 6) is 0.342. The number of carbonyl (C=O) groups is 2. The third kappa shape index (κ3) is 4.30. The average Bonchev–Trinajstić information content (AvgIpc) is 3.10. The quantitative estimate of drug-likeness (QED) is 0.784. The molecule has 1 fully saturated rings. The molecule has 0 unspecified atom stereocenters. The number of hydrogen-bond acceptors (Lipinski definition) is 4. The zero-order chi connectivity index (χ0) is 16.9. The van der Waals surface area contributed by atoms with Crippen molar-refractivity contribution in [3.8, 4) is 0 Å². The summed E-state index contributed by atoms with van der Waals surface area (Å²) in [5, 5.41) is 1.93. The van der Waals surface area contributed by atoms with Gasteiger partial charge in [0, 0.05) is 26.2 Å². The highest BCUT2D eigenvalue weighted by molar-refractivity contribution is 7.12. The predicted octanol–water partition coefficient (Wildman–Crippen LogP) is 2.63. The molecule has 126 valence electrons. The van der Waals surface area contributed by atoms with Crippen LogP contribution < -0.4 is 0 Å². The largest absolute Gasteiger partial charge is 0.340 e. The molecule has 24 heavy (non-hydrogen) atoms. The molecule has 0 N–H and O–H groups in total. The molecule has 2 heterocycles. The van der Waals surface area contributed by atoms with Crippen molar-refractivity contribution in [3.63, 3.8) is 0 Å². The fourth-order valence-electron chi connectivity index (χ4n) is 2.98. The lowest BCUT2D eigenvalue weighted by Crippen LogP contribution is -2.50. The monoisotopic (exact) mass is 342 g/mol. The van der Waals surface area contributed by atoms with Crippen molar-refractivity contribution in [3.05, 3.63) is 57.8 Å². The number of ketones is 1. The summed E-state index contributed by atoms with van der Waals surface area (Å²) < 4.78 is 0. The first-order chi connectivity index (χ1) is 11.6. The van der Waals surface area contributed by atoms with Crippen LogP contribution in [0.3, 0.4) is 0 Å². The molecule has 0 radical (unpaired) electrons. The number of carbonyl (C=O) groups excluding carboxylic acids is 2. The Balaban J connectivity index is 1.48. The second-order valence-electron chi connectivity index (χ2n) is 6.22. The molecular weight excluding hydrogens is 320 g/mol. The van der Waals surface area contributed by atoms with Crippen LogP contribution in [-0.4, -0.2) is 54.2 Å². The highest BCUT2D eigenvalue weighted by Crippen LogP contribution is 2.12. The first-order valence-electron chi connectivity index (χ1n) is 8.24. The number of thiophene rings is 1. The molecular formula is C19H22N2O2S. The Morgan fingerprint density at radius 3 is 2.54 bits per heavy atom. The summed E-state index contributed by atoms with van der Waals surface area (Å²) in [6.45, 7) is 5.40. The number of benzene rings is 1. The smallest absolute Gasteiger partial charge is 0.227 e. The molecule has 3 rings (SSSR count). The van der Waals surface area contributed by atoms with Gasteiger partial charge >= 0.3 is 0 Å². The molecule has 5 heteroatoms. The van der Waals surface area contributed by atoms with E-state index in [1.807, 2.05) is 47.5 Å². The van der Waals surface area contributed by atoms with Gasteiger partial charge in [0.15, 0.2) is 5.78 Å². The molecule has 2 aromatic rings. The standard InChI is InChI=1S/C19H22N2O2S/c1-15-4-2-5-16(12-15)13-19(23)21-9-7-20(8-10-21)14-17(22)18-6-3-11-24-18/h2-6,11-12H,7-10,13-14H2,1H3. The topological polar surface area (TPSA) is 40.6 Å². The Labute approximate surface area is 146 Å². The van der Waals surface area contributed by atoms with E-state index in [1.54, 1.807) is 0 Å². The number of rotatable bonds is 5. The minimum absolute atomic E-state index is 0.171. The SMILES string of the molecule is Cc1cccc(CC(=O)N2CCN(CC(=O)c3cccs3)CC2)c1. The van der Waals surface area contributed by atoms with Gasteiger partial charge in [0.1, 0.15) is 0 Å². The summed E-state index contributed by atoms with van der Waals surface area (Å²) in [6.07, 6.45) is 0.454. The van der Waals surface area contributed by atoms with Crippen molar-refractivity contribution < 1.29 is 9.59 Å². The van der Waals surface area contributed by atoms with Gasteiger partial charge in [-0.05, 0) is 23.9 Å². The number of Topliss-reactive ketones (excluding diaryl/α,β-unsaturated/α-hetero) is 1. The molecule has 0 saturated carbocycles. The normalized spacial score (nSPS) is 15.5. The lowest BCUT2D eigenvalue weighted by atomic mass is 10.1. The predicted molar refractivity (Wildman–Crippen MR) is 96.6 cm³/mol. The Morgan fingerprint density at radius 2 is 1.88 bits per heavy atom. The van der Waals surface area contributed by atoms with Crippen LogP contribution in [0.15, 0.2) is 41.8 Å². The van der Waals surface area contributed by atoms with Gasteiger partial charge in [0.25, 0.3) is 0 Å². The Kier molecular flexibility index (Phi) is 5.43. The zero-order valence-electron chi connectivity index (χ0n) is 13.9. The van der Waals surface area contributed by atoms with E-state index in [0.717, 1.165) is 23.5 Å². The van der Waals surface area contributed by atoms with Gasteiger partial charge in [-0.2, -0.15) is 0 Å². The second kappa shape index (κ2) is 7.73.